The molecule has 1 fully saturated rings. The van der Waals surface area contributed by atoms with Gasteiger partial charge in [0, 0.05) is 5.92 Å². The summed E-state index contributed by atoms with van der Waals surface area (Å²) in [6, 6.07) is 12.9. The first-order valence-corrected chi connectivity index (χ1v) is 8.86. The Morgan fingerprint density at radius 2 is 2.08 bits per heavy atom. The first-order chi connectivity index (χ1) is 12.5. The third-order valence-electron chi connectivity index (χ3n) is 4.61. The lowest BCUT2D eigenvalue weighted by Crippen LogP contribution is -2.28. The average molecular weight is 413 g/mol. The first-order valence-electron chi connectivity index (χ1n) is 8.07. The van der Waals surface area contributed by atoms with E-state index in [0.29, 0.717) is 21.5 Å². The molecule has 2 atom stereocenters. The number of hydrogen-bond acceptors (Lipinski definition) is 5. The molecule has 0 unspecified atom stereocenters. The van der Waals surface area contributed by atoms with E-state index in [1.165, 1.54) is 0 Å². The van der Waals surface area contributed by atoms with E-state index in [4.69, 9.17) is 14.7 Å². The smallest absolute Gasteiger partial charge is 0.414 e. The molecule has 130 valence electrons. The van der Waals surface area contributed by atoms with Crippen LogP contribution < -0.4 is 10.1 Å². The summed E-state index contributed by atoms with van der Waals surface area (Å²) >= 11 is 3.41. The second-order valence-electron chi connectivity index (χ2n) is 6.18. The van der Waals surface area contributed by atoms with Crippen LogP contribution in [0.1, 0.15) is 29.0 Å². The number of carbonyl (C=O) groups is 2. The summed E-state index contributed by atoms with van der Waals surface area (Å²) in [7, 11) is 0. The molecule has 0 bridgehead atoms. The standard InChI is InChI=1S/C19H13BrN2O4/c20-15-7-10(9-21)1-6-16(15)25-12-3-5-13-11(8-12)2-4-14(13)17-18(23)22-19(24)26-17/h1,3,5-8,14,17H,2,4H2,(H,22,23,24)/t14-,17+/m1/s1. The highest BCUT2D eigenvalue weighted by Crippen LogP contribution is 2.40. The van der Waals surface area contributed by atoms with Gasteiger partial charge in [0.2, 0.25) is 0 Å². The van der Waals surface area contributed by atoms with E-state index >= 15 is 0 Å². The van der Waals surface area contributed by atoms with E-state index in [0.717, 1.165) is 24.0 Å². The summed E-state index contributed by atoms with van der Waals surface area (Å²) in [4.78, 5) is 23.1. The second kappa shape index (κ2) is 6.46. The molecule has 7 heteroatoms. The summed E-state index contributed by atoms with van der Waals surface area (Å²) in [5.41, 5.74) is 2.63. The minimum atomic E-state index is -0.761. The number of imide groups is 1. The SMILES string of the molecule is N#Cc1ccc(Oc2ccc3c(c2)CC[C@H]3[C@@H]2OC(=O)NC2=O)c(Br)c1. The number of ether oxygens (including phenoxy) is 2. The van der Waals surface area contributed by atoms with Crippen LogP contribution in [0.15, 0.2) is 40.9 Å². The van der Waals surface area contributed by atoms with Gasteiger partial charge in [-0.05, 0) is 70.2 Å². The van der Waals surface area contributed by atoms with Crippen LogP contribution in [-0.4, -0.2) is 18.1 Å². The van der Waals surface area contributed by atoms with Crippen molar-refractivity contribution >= 4 is 27.9 Å². The largest absolute Gasteiger partial charge is 0.456 e. The molecule has 26 heavy (non-hydrogen) atoms. The highest BCUT2D eigenvalue weighted by atomic mass is 79.9. The molecule has 1 aliphatic carbocycles. The van der Waals surface area contributed by atoms with E-state index in [2.05, 4.69) is 27.3 Å². The van der Waals surface area contributed by atoms with Gasteiger partial charge in [-0.25, -0.2) is 4.79 Å². The van der Waals surface area contributed by atoms with Crippen molar-refractivity contribution in [1.82, 2.24) is 5.32 Å². The van der Waals surface area contributed by atoms with Crippen LogP contribution in [0.2, 0.25) is 0 Å². The minimum absolute atomic E-state index is 0.132. The summed E-state index contributed by atoms with van der Waals surface area (Å²) in [5.74, 6) is 0.770. The van der Waals surface area contributed by atoms with Gasteiger partial charge in [0.1, 0.15) is 11.5 Å². The van der Waals surface area contributed by atoms with Crippen molar-refractivity contribution in [3.63, 3.8) is 0 Å². The second-order valence-corrected chi connectivity index (χ2v) is 7.03. The number of halogens is 1. The van der Waals surface area contributed by atoms with Crippen LogP contribution >= 0.6 is 15.9 Å². The van der Waals surface area contributed by atoms with Crippen molar-refractivity contribution < 1.29 is 19.1 Å². The Hall–Kier alpha value is -2.85. The molecule has 2 aliphatic rings. The number of nitrogens with one attached hydrogen (secondary N) is 1. The highest BCUT2D eigenvalue weighted by Gasteiger charge is 2.42. The van der Waals surface area contributed by atoms with Gasteiger partial charge in [-0.15, -0.1) is 0 Å². The maximum Gasteiger partial charge on any atom is 0.414 e. The van der Waals surface area contributed by atoms with Gasteiger partial charge < -0.3 is 9.47 Å². The number of fused-ring (bicyclic) bond motifs is 1. The van der Waals surface area contributed by atoms with Crippen molar-refractivity contribution in [2.75, 3.05) is 0 Å². The summed E-state index contributed by atoms with van der Waals surface area (Å²) in [6.45, 7) is 0. The number of nitrogens with zero attached hydrogens (tertiary/aromatic N) is 1. The summed E-state index contributed by atoms with van der Waals surface area (Å²) in [5, 5.41) is 11.1. The van der Waals surface area contributed by atoms with Crippen LogP contribution in [0.25, 0.3) is 0 Å². The topological polar surface area (TPSA) is 88.4 Å². The Bertz CT molecular complexity index is 966. The molecule has 1 N–H and O–H groups in total. The van der Waals surface area contributed by atoms with Crippen molar-refractivity contribution in [2.45, 2.75) is 24.9 Å². The van der Waals surface area contributed by atoms with Crippen LogP contribution in [0.5, 0.6) is 11.5 Å². The van der Waals surface area contributed by atoms with Gasteiger partial charge in [-0.3, -0.25) is 10.1 Å². The molecule has 0 spiro atoms. The van der Waals surface area contributed by atoms with Crippen molar-refractivity contribution in [3.8, 4) is 17.6 Å². The molecule has 2 aromatic rings. The third-order valence-corrected chi connectivity index (χ3v) is 5.23. The van der Waals surface area contributed by atoms with Gasteiger partial charge in [-0.2, -0.15) is 5.26 Å². The maximum atomic E-state index is 11.9. The molecule has 1 heterocycles. The number of alkyl carbamates (subject to hydrolysis) is 1. The molecule has 6 nitrogen and oxygen atoms in total. The maximum absolute atomic E-state index is 11.9. The van der Waals surface area contributed by atoms with Crippen LogP contribution in [0, 0.1) is 11.3 Å². The van der Waals surface area contributed by atoms with Gasteiger partial charge in [0.15, 0.2) is 6.10 Å². The number of benzene rings is 2. The normalized spacial score (nSPS) is 20.9. The predicted molar refractivity (Wildman–Crippen MR) is 94.8 cm³/mol. The van der Waals surface area contributed by atoms with Crippen LogP contribution in [0.3, 0.4) is 0 Å². The number of rotatable bonds is 3. The molecule has 0 aromatic heterocycles. The van der Waals surface area contributed by atoms with Crippen molar-refractivity contribution in [3.05, 3.63) is 57.6 Å². The molecule has 4 rings (SSSR count). The van der Waals surface area contributed by atoms with Crippen LogP contribution in [-0.2, 0) is 16.0 Å². The monoisotopic (exact) mass is 412 g/mol. The van der Waals surface area contributed by atoms with Crippen molar-refractivity contribution in [2.24, 2.45) is 0 Å². The van der Waals surface area contributed by atoms with Gasteiger partial charge in [0.25, 0.3) is 5.91 Å². The molecule has 1 aliphatic heterocycles. The quantitative estimate of drug-likeness (QED) is 0.828. The Kier molecular flexibility index (Phi) is 4.13. The summed E-state index contributed by atoms with van der Waals surface area (Å²) in [6.07, 6.45) is 0.0832. The number of cyclic esters (lactones) is 1. The molecule has 1 saturated heterocycles. The number of amides is 2. The molecule has 2 amide bonds. The molecule has 2 aromatic carbocycles. The van der Waals surface area contributed by atoms with Gasteiger partial charge >= 0.3 is 6.09 Å². The average Bonchev–Trinajstić information content (AvgIpc) is 3.18. The number of aryl methyl sites for hydroxylation is 1. The lowest BCUT2D eigenvalue weighted by molar-refractivity contribution is -0.124. The fourth-order valence-corrected chi connectivity index (χ4v) is 3.88. The zero-order valence-corrected chi connectivity index (χ0v) is 15.1. The fraction of sp³-hybridized carbons (Fsp3) is 0.211. The van der Waals surface area contributed by atoms with E-state index in [1.54, 1.807) is 18.2 Å². The van der Waals surface area contributed by atoms with Gasteiger partial charge in [0.05, 0.1) is 16.1 Å². The Morgan fingerprint density at radius 1 is 1.23 bits per heavy atom. The van der Waals surface area contributed by atoms with E-state index < -0.39 is 12.2 Å². The third kappa shape index (κ3) is 2.93. The van der Waals surface area contributed by atoms with Crippen molar-refractivity contribution in [1.29, 1.82) is 5.26 Å². The molecule has 0 saturated carbocycles. The van der Waals surface area contributed by atoms with E-state index in [-0.39, 0.29) is 11.8 Å². The number of hydrogen-bond donors (Lipinski definition) is 1. The number of nitriles is 1. The lowest BCUT2D eigenvalue weighted by atomic mass is 9.95. The van der Waals surface area contributed by atoms with Crippen LogP contribution in [0.4, 0.5) is 4.79 Å². The fourth-order valence-electron chi connectivity index (χ4n) is 3.42. The predicted octanol–water partition coefficient (Wildman–Crippen LogP) is 3.78. The van der Waals surface area contributed by atoms with E-state index in [9.17, 15) is 9.59 Å². The van der Waals surface area contributed by atoms with Gasteiger partial charge in [-0.1, -0.05) is 6.07 Å². The first kappa shape index (κ1) is 16.6. The lowest BCUT2D eigenvalue weighted by Gasteiger charge is -2.16. The molecular formula is C19H13BrN2O4. The zero-order valence-electron chi connectivity index (χ0n) is 13.5. The molecule has 0 radical (unpaired) electrons. The zero-order chi connectivity index (χ0) is 18.3. The summed E-state index contributed by atoms with van der Waals surface area (Å²) < 4.78 is 11.7. The van der Waals surface area contributed by atoms with E-state index in [1.807, 2.05) is 18.2 Å². The Morgan fingerprint density at radius 3 is 2.77 bits per heavy atom. The minimum Gasteiger partial charge on any atom is -0.456 e. The highest BCUT2D eigenvalue weighted by molar-refractivity contribution is 9.10. The number of carbonyl (C=O) groups excluding carboxylic acids is 2. The molecular weight excluding hydrogens is 400 g/mol. The Balaban J connectivity index is 1.56. The Labute approximate surface area is 157 Å².